The van der Waals surface area contributed by atoms with Gasteiger partial charge >= 0.3 is 5.97 Å². The van der Waals surface area contributed by atoms with Crippen molar-refractivity contribution in [2.45, 2.75) is 58.5 Å². The summed E-state index contributed by atoms with van der Waals surface area (Å²) in [5, 5.41) is 14.7. The van der Waals surface area contributed by atoms with Gasteiger partial charge in [0.15, 0.2) is 0 Å². The standard InChI is InChI=1S/C12H24N2O3/c1-5-12(6-2,7-3)13-8-10(11(16)17)14-9(4)15/h10,13H,5-8H2,1-4H3,(H,14,15)(H,16,17). The Morgan fingerprint density at radius 1 is 1.18 bits per heavy atom. The molecule has 0 rings (SSSR count). The molecule has 0 aliphatic carbocycles. The molecular weight excluding hydrogens is 220 g/mol. The lowest BCUT2D eigenvalue weighted by Gasteiger charge is -2.33. The van der Waals surface area contributed by atoms with E-state index in [1.54, 1.807) is 0 Å². The minimum atomic E-state index is -1.01. The third-order valence-corrected chi connectivity index (χ3v) is 3.39. The van der Waals surface area contributed by atoms with E-state index in [1.165, 1.54) is 6.92 Å². The second kappa shape index (κ2) is 7.27. The normalized spacial score (nSPS) is 13.2. The van der Waals surface area contributed by atoms with Crippen LogP contribution in [0.4, 0.5) is 0 Å². The SMILES string of the molecule is CCC(CC)(CC)NCC(NC(C)=O)C(=O)O. The first kappa shape index (κ1) is 15.9. The zero-order valence-corrected chi connectivity index (χ0v) is 11.2. The molecule has 0 bridgehead atoms. The van der Waals surface area contributed by atoms with Crippen molar-refractivity contribution in [2.75, 3.05) is 6.54 Å². The van der Waals surface area contributed by atoms with Gasteiger partial charge in [-0.15, -0.1) is 0 Å². The van der Waals surface area contributed by atoms with Gasteiger partial charge < -0.3 is 15.7 Å². The molecule has 1 atom stereocenters. The zero-order chi connectivity index (χ0) is 13.5. The third kappa shape index (κ3) is 5.17. The van der Waals surface area contributed by atoms with Crippen LogP contribution in [0.5, 0.6) is 0 Å². The molecule has 0 aliphatic heterocycles. The fraction of sp³-hybridized carbons (Fsp3) is 0.833. The van der Waals surface area contributed by atoms with E-state index in [9.17, 15) is 9.59 Å². The van der Waals surface area contributed by atoms with Crippen molar-refractivity contribution in [1.29, 1.82) is 0 Å². The van der Waals surface area contributed by atoms with E-state index < -0.39 is 12.0 Å². The molecule has 5 heteroatoms. The second-order valence-electron chi connectivity index (χ2n) is 4.31. The average Bonchev–Trinajstić information content (AvgIpc) is 2.29. The first-order valence-electron chi connectivity index (χ1n) is 6.15. The molecule has 0 fully saturated rings. The Labute approximate surface area is 103 Å². The van der Waals surface area contributed by atoms with Gasteiger partial charge in [0.2, 0.25) is 5.91 Å². The van der Waals surface area contributed by atoms with E-state index in [4.69, 9.17) is 5.11 Å². The number of carboxylic acid groups (broad SMARTS) is 1. The summed E-state index contributed by atoms with van der Waals surface area (Å²) in [6.07, 6.45) is 2.81. The van der Waals surface area contributed by atoms with Crippen LogP contribution in [0.25, 0.3) is 0 Å². The Balaban J connectivity index is 4.46. The highest BCUT2D eigenvalue weighted by molar-refractivity contribution is 5.82. The first-order valence-corrected chi connectivity index (χ1v) is 6.15. The number of carbonyl (C=O) groups excluding carboxylic acids is 1. The lowest BCUT2D eigenvalue weighted by Crippen LogP contribution is -2.53. The third-order valence-electron chi connectivity index (χ3n) is 3.39. The summed E-state index contributed by atoms with van der Waals surface area (Å²) in [5.74, 6) is -1.33. The van der Waals surface area contributed by atoms with Gasteiger partial charge in [-0.2, -0.15) is 0 Å². The summed E-state index contributed by atoms with van der Waals surface area (Å²) in [6, 6.07) is -0.864. The summed E-state index contributed by atoms with van der Waals surface area (Å²) in [4.78, 5) is 21.9. The molecule has 1 unspecified atom stereocenters. The number of nitrogens with one attached hydrogen (secondary N) is 2. The topological polar surface area (TPSA) is 78.4 Å². The van der Waals surface area contributed by atoms with Crippen molar-refractivity contribution in [2.24, 2.45) is 0 Å². The quantitative estimate of drug-likeness (QED) is 0.598. The molecule has 3 N–H and O–H groups in total. The van der Waals surface area contributed by atoms with Crippen LogP contribution < -0.4 is 10.6 Å². The Bertz CT molecular complexity index is 254. The van der Waals surface area contributed by atoms with Crippen molar-refractivity contribution in [3.05, 3.63) is 0 Å². The van der Waals surface area contributed by atoms with Crippen molar-refractivity contribution in [3.63, 3.8) is 0 Å². The number of hydrogen-bond donors (Lipinski definition) is 3. The maximum absolute atomic E-state index is 11.0. The number of rotatable bonds is 8. The second-order valence-corrected chi connectivity index (χ2v) is 4.31. The van der Waals surface area contributed by atoms with Crippen LogP contribution in [-0.2, 0) is 9.59 Å². The lowest BCUT2D eigenvalue weighted by atomic mass is 9.89. The van der Waals surface area contributed by atoms with Gasteiger partial charge in [-0.25, -0.2) is 4.79 Å². The van der Waals surface area contributed by atoms with Gasteiger partial charge in [0, 0.05) is 19.0 Å². The molecule has 0 saturated carbocycles. The van der Waals surface area contributed by atoms with E-state index in [2.05, 4.69) is 31.4 Å². The van der Waals surface area contributed by atoms with E-state index in [0.717, 1.165) is 19.3 Å². The monoisotopic (exact) mass is 244 g/mol. The predicted octanol–water partition coefficient (Wildman–Crippen LogP) is 1.13. The van der Waals surface area contributed by atoms with Crippen molar-refractivity contribution in [3.8, 4) is 0 Å². The van der Waals surface area contributed by atoms with Crippen LogP contribution in [0, 0.1) is 0 Å². The molecule has 0 aliphatic rings. The van der Waals surface area contributed by atoms with Gasteiger partial charge in [0.1, 0.15) is 6.04 Å². The number of amides is 1. The Morgan fingerprint density at radius 3 is 1.94 bits per heavy atom. The Kier molecular flexibility index (Phi) is 6.80. The molecule has 0 saturated heterocycles. The molecule has 0 heterocycles. The van der Waals surface area contributed by atoms with E-state index in [0.29, 0.717) is 0 Å². The molecule has 100 valence electrons. The van der Waals surface area contributed by atoms with Crippen LogP contribution >= 0.6 is 0 Å². The summed E-state index contributed by atoms with van der Waals surface area (Å²) in [6.45, 7) is 7.81. The van der Waals surface area contributed by atoms with Gasteiger partial charge in [0.25, 0.3) is 0 Å². The minimum absolute atomic E-state index is 0.0355. The number of hydrogen-bond acceptors (Lipinski definition) is 3. The summed E-state index contributed by atoms with van der Waals surface area (Å²) >= 11 is 0. The Hall–Kier alpha value is -1.10. The van der Waals surface area contributed by atoms with Crippen molar-refractivity contribution in [1.82, 2.24) is 10.6 Å². The summed E-state index contributed by atoms with van der Waals surface area (Å²) in [5.41, 5.74) is -0.0355. The molecular formula is C12H24N2O3. The number of carbonyl (C=O) groups is 2. The van der Waals surface area contributed by atoms with Crippen LogP contribution in [0.3, 0.4) is 0 Å². The first-order chi connectivity index (χ1) is 7.90. The molecule has 0 radical (unpaired) electrons. The zero-order valence-electron chi connectivity index (χ0n) is 11.2. The maximum Gasteiger partial charge on any atom is 0.327 e. The fourth-order valence-corrected chi connectivity index (χ4v) is 1.89. The van der Waals surface area contributed by atoms with Crippen LogP contribution in [0.2, 0.25) is 0 Å². The summed E-state index contributed by atoms with van der Waals surface area (Å²) in [7, 11) is 0. The average molecular weight is 244 g/mol. The molecule has 0 spiro atoms. The Morgan fingerprint density at radius 2 is 1.65 bits per heavy atom. The molecule has 1 amide bonds. The van der Waals surface area contributed by atoms with Gasteiger partial charge in [-0.05, 0) is 19.3 Å². The summed E-state index contributed by atoms with van der Waals surface area (Å²) < 4.78 is 0. The molecule has 17 heavy (non-hydrogen) atoms. The highest BCUT2D eigenvalue weighted by Crippen LogP contribution is 2.18. The van der Waals surface area contributed by atoms with Crippen LogP contribution in [0.15, 0.2) is 0 Å². The smallest absolute Gasteiger partial charge is 0.327 e. The lowest BCUT2D eigenvalue weighted by molar-refractivity contribution is -0.141. The van der Waals surface area contributed by atoms with Gasteiger partial charge in [0.05, 0.1) is 0 Å². The minimum Gasteiger partial charge on any atom is -0.480 e. The highest BCUT2D eigenvalue weighted by Gasteiger charge is 2.26. The van der Waals surface area contributed by atoms with Crippen molar-refractivity contribution < 1.29 is 14.7 Å². The van der Waals surface area contributed by atoms with E-state index in [1.807, 2.05) is 0 Å². The largest absolute Gasteiger partial charge is 0.480 e. The predicted molar refractivity (Wildman–Crippen MR) is 66.8 cm³/mol. The number of aliphatic carboxylic acids is 1. The van der Waals surface area contributed by atoms with Crippen LogP contribution in [0.1, 0.15) is 47.0 Å². The van der Waals surface area contributed by atoms with Gasteiger partial charge in [-0.1, -0.05) is 20.8 Å². The van der Waals surface area contributed by atoms with Crippen LogP contribution in [-0.4, -0.2) is 35.1 Å². The molecule has 0 aromatic rings. The van der Waals surface area contributed by atoms with Crippen molar-refractivity contribution >= 4 is 11.9 Å². The fourth-order valence-electron chi connectivity index (χ4n) is 1.89. The highest BCUT2D eigenvalue weighted by atomic mass is 16.4. The van der Waals surface area contributed by atoms with Gasteiger partial charge in [-0.3, -0.25) is 4.79 Å². The van der Waals surface area contributed by atoms with E-state index >= 15 is 0 Å². The number of carboxylic acids is 1. The molecule has 0 aromatic carbocycles. The molecule has 5 nitrogen and oxygen atoms in total. The molecule has 0 aromatic heterocycles. The maximum atomic E-state index is 11.0. The van der Waals surface area contributed by atoms with E-state index in [-0.39, 0.29) is 18.0 Å².